The molecule has 0 amide bonds. The summed E-state index contributed by atoms with van der Waals surface area (Å²) in [5.41, 5.74) is 0.233. The van der Waals surface area contributed by atoms with Crippen molar-refractivity contribution >= 4 is 16.7 Å². The highest BCUT2D eigenvalue weighted by Gasteiger charge is 2.20. The van der Waals surface area contributed by atoms with E-state index in [0.717, 1.165) is 18.2 Å². The summed E-state index contributed by atoms with van der Waals surface area (Å²) < 4.78 is 57.4. The molecular formula is C13H16F3NO2S. The average molecular weight is 307 g/mol. The third kappa shape index (κ3) is 4.63. The molecule has 0 saturated heterocycles. The highest BCUT2D eigenvalue weighted by atomic mass is 32.2. The number of nitrogens with zero attached hydrogens (tertiary/aromatic N) is 1. The molecule has 0 aliphatic rings. The summed E-state index contributed by atoms with van der Waals surface area (Å²) in [6.07, 6.45) is 0. The van der Waals surface area contributed by atoms with Crippen molar-refractivity contribution in [3.63, 3.8) is 0 Å². The number of hydrogen-bond acceptors (Lipinski definition) is 2. The lowest BCUT2D eigenvalue weighted by Crippen LogP contribution is -2.21. The van der Waals surface area contributed by atoms with Crippen molar-refractivity contribution in [2.24, 2.45) is 4.40 Å². The fourth-order valence-electron chi connectivity index (χ4n) is 1.29. The maximum absolute atomic E-state index is 13.2. The average Bonchev–Trinajstić information content (AvgIpc) is 2.29. The highest BCUT2D eigenvalue weighted by Crippen LogP contribution is 2.24. The van der Waals surface area contributed by atoms with Crippen LogP contribution in [-0.2, 0) is 11.0 Å². The molecule has 0 aromatic heterocycles. The largest absolute Gasteiger partial charge is 0.434 e. The Labute approximate surface area is 118 Å². The maximum Gasteiger partial charge on any atom is 0.387 e. The van der Waals surface area contributed by atoms with Crippen molar-refractivity contribution in [2.45, 2.75) is 39.1 Å². The number of alkyl halides is 2. The Morgan fingerprint density at radius 2 is 1.95 bits per heavy atom. The van der Waals surface area contributed by atoms with Gasteiger partial charge in [-0.15, -0.1) is 0 Å². The molecule has 1 atom stereocenters. The first-order valence-electron chi connectivity index (χ1n) is 5.83. The van der Waals surface area contributed by atoms with E-state index in [-0.39, 0.29) is 17.0 Å². The van der Waals surface area contributed by atoms with Gasteiger partial charge in [-0.1, -0.05) is 0 Å². The van der Waals surface area contributed by atoms with Gasteiger partial charge < -0.3 is 4.74 Å². The van der Waals surface area contributed by atoms with Gasteiger partial charge in [-0.2, -0.15) is 13.2 Å². The number of benzene rings is 1. The van der Waals surface area contributed by atoms with Crippen LogP contribution in [0, 0.1) is 5.82 Å². The standard InChI is InChI=1S/C13H16F3NO2S/c1-8(17-20(18)13(2,3)4)10-7-9(14)5-6-11(10)19-12(15)16/h5-7,12H,1-4H3/t20-/m0/s1. The molecule has 1 aromatic carbocycles. The Balaban J connectivity index is 3.20. The summed E-state index contributed by atoms with van der Waals surface area (Å²) in [4.78, 5) is 0. The monoisotopic (exact) mass is 307 g/mol. The van der Waals surface area contributed by atoms with Crippen LogP contribution in [0.3, 0.4) is 0 Å². The molecule has 1 aromatic rings. The van der Waals surface area contributed by atoms with Gasteiger partial charge in [0.15, 0.2) is 0 Å². The van der Waals surface area contributed by atoms with Gasteiger partial charge in [-0.05, 0) is 45.9 Å². The number of halogens is 3. The molecule has 20 heavy (non-hydrogen) atoms. The molecule has 0 fully saturated rings. The lowest BCUT2D eigenvalue weighted by molar-refractivity contribution is -0.0500. The second kappa shape index (κ2) is 6.39. The van der Waals surface area contributed by atoms with Gasteiger partial charge in [0.1, 0.15) is 22.6 Å². The molecule has 0 N–H and O–H groups in total. The first-order chi connectivity index (χ1) is 9.11. The normalized spacial score (nSPS) is 14.5. The van der Waals surface area contributed by atoms with E-state index >= 15 is 0 Å². The minimum absolute atomic E-state index is 0.0582. The minimum atomic E-state index is -3.03. The molecule has 0 aliphatic carbocycles. The van der Waals surface area contributed by atoms with E-state index in [9.17, 15) is 17.4 Å². The summed E-state index contributed by atoms with van der Waals surface area (Å²) >= 11 is 0. The van der Waals surface area contributed by atoms with E-state index in [1.807, 2.05) is 0 Å². The number of hydrogen-bond donors (Lipinski definition) is 0. The Morgan fingerprint density at radius 1 is 1.35 bits per heavy atom. The van der Waals surface area contributed by atoms with Crippen LogP contribution >= 0.6 is 0 Å². The second-order valence-electron chi connectivity index (χ2n) is 5.06. The molecule has 112 valence electrons. The predicted octanol–water partition coefficient (Wildman–Crippen LogP) is 3.70. The van der Waals surface area contributed by atoms with E-state index in [0.29, 0.717) is 0 Å². The van der Waals surface area contributed by atoms with Gasteiger partial charge in [-0.3, -0.25) is 0 Å². The topological polar surface area (TPSA) is 38.7 Å². The van der Waals surface area contributed by atoms with Gasteiger partial charge in [0.2, 0.25) is 0 Å². The lowest BCUT2D eigenvalue weighted by atomic mass is 10.1. The van der Waals surface area contributed by atoms with E-state index in [2.05, 4.69) is 9.13 Å². The van der Waals surface area contributed by atoms with E-state index in [1.165, 1.54) is 6.92 Å². The van der Waals surface area contributed by atoms with E-state index in [1.54, 1.807) is 20.8 Å². The minimum Gasteiger partial charge on any atom is -0.434 e. The zero-order valence-electron chi connectivity index (χ0n) is 11.6. The van der Waals surface area contributed by atoms with E-state index < -0.39 is 28.2 Å². The summed E-state index contributed by atoms with van der Waals surface area (Å²) in [7, 11) is -1.57. The van der Waals surface area contributed by atoms with Crippen LogP contribution in [0.2, 0.25) is 0 Å². The Bertz CT molecular complexity index is 539. The molecule has 0 aliphatic heterocycles. The van der Waals surface area contributed by atoms with E-state index in [4.69, 9.17) is 0 Å². The zero-order chi connectivity index (χ0) is 15.5. The number of ether oxygens (including phenoxy) is 1. The second-order valence-corrected chi connectivity index (χ2v) is 6.96. The maximum atomic E-state index is 13.2. The van der Waals surface area contributed by atoms with Crippen molar-refractivity contribution in [3.05, 3.63) is 29.6 Å². The summed E-state index contributed by atoms with van der Waals surface area (Å²) in [6.45, 7) is 3.61. The van der Waals surface area contributed by atoms with Crippen LogP contribution in [0.15, 0.2) is 22.6 Å². The third-order valence-electron chi connectivity index (χ3n) is 2.29. The van der Waals surface area contributed by atoms with Crippen molar-refractivity contribution in [1.82, 2.24) is 0 Å². The van der Waals surface area contributed by atoms with Gasteiger partial charge in [0, 0.05) is 5.56 Å². The molecule has 7 heteroatoms. The molecule has 0 heterocycles. The molecule has 0 unspecified atom stereocenters. The molecule has 0 saturated carbocycles. The number of rotatable bonds is 4. The SMILES string of the molecule is CC(=N[S@@](=O)C(C)(C)C)c1cc(F)ccc1OC(F)F. The van der Waals surface area contributed by atoms with Crippen LogP contribution in [0.5, 0.6) is 5.75 Å². The van der Waals surface area contributed by atoms with Crippen molar-refractivity contribution in [1.29, 1.82) is 0 Å². The lowest BCUT2D eigenvalue weighted by Gasteiger charge is -2.15. The molecule has 1 rings (SSSR count). The molecule has 0 radical (unpaired) electrons. The van der Waals surface area contributed by atoms with Crippen LogP contribution in [-0.4, -0.2) is 21.3 Å². The van der Waals surface area contributed by atoms with Crippen LogP contribution in [0.1, 0.15) is 33.3 Å². The van der Waals surface area contributed by atoms with Crippen molar-refractivity contribution in [3.8, 4) is 5.75 Å². The molecular weight excluding hydrogens is 291 g/mol. The Morgan fingerprint density at radius 3 is 2.45 bits per heavy atom. The summed E-state index contributed by atoms with van der Waals surface area (Å²) in [5.74, 6) is -0.814. The Hall–Kier alpha value is -1.37. The molecule has 3 nitrogen and oxygen atoms in total. The van der Waals surface area contributed by atoms with Crippen LogP contribution < -0.4 is 4.74 Å². The van der Waals surface area contributed by atoms with Gasteiger partial charge in [0.25, 0.3) is 0 Å². The molecule has 0 bridgehead atoms. The quantitative estimate of drug-likeness (QED) is 0.796. The third-order valence-corrected chi connectivity index (χ3v) is 3.78. The van der Waals surface area contributed by atoms with Gasteiger partial charge in [-0.25, -0.2) is 8.60 Å². The van der Waals surface area contributed by atoms with Crippen LogP contribution in [0.4, 0.5) is 13.2 Å². The van der Waals surface area contributed by atoms with Crippen LogP contribution in [0.25, 0.3) is 0 Å². The molecule has 0 spiro atoms. The highest BCUT2D eigenvalue weighted by molar-refractivity contribution is 7.85. The van der Waals surface area contributed by atoms with Crippen molar-refractivity contribution < 1.29 is 22.1 Å². The fourth-order valence-corrected chi connectivity index (χ4v) is 1.92. The van der Waals surface area contributed by atoms with Crippen molar-refractivity contribution in [2.75, 3.05) is 0 Å². The summed E-state index contributed by atoms with van der Waals surface area (Å²) in [6, 6.07) is 3.13. The van der Waals surface area contributed by atoms with Gasteiger partial charge in [0.05, 0.1) is 10.5 Å². The fraction of sp³-hybridized carbons (Fsp3) is 0.462. The Kier molecular flexibility index (Phi) is 5.33. The summed E-state index contributed by atoms with van der Waals surface area (Å²) in [5, 5.41) is 0. The first kappa shape index (κ1) is 16.7. The predicted molar refractivity (Wildman–Crippen MR) is 73.1 cm³/mol. The first-order valence-corrected chi connectivity index (χ1v) is 6.94. The van der Waals surface area contributed by atoms with Gasteiger partial charge >= 0.3 is 6.61 Å². The smallest absolute Gasteiger partial charge is 0.387 e. The zero-order valence-corrected chi connectivity index (χ0v) is 12.4.